The van der Waals surface area contributed by atoms with Crippen molar-refractivity contribution in [2.24, 2.45) is 17.8 Å². The molecule has 4 nitrogen and oxygen atoms in total. The van der Waals surface area contributed by atoms with Crippen LogP contribution < -0.4 is 0 Å². The van der Waals surface area contributed by atoms with Gasteiger partial charge in [0.05, 0.1) is 18.3 Å². The molecule has 0 bridgehead atoms. The van der Waals surface area contributed by atoms with Crippen LogP contribution in [0.3, 0.4) is 0 Å². The molecule has 0 aromatic rings. The Hall–Kier alpha value is -0.246. The average Bonchev–Trinajstić information content (AvgIpc) is 2.71. The second-order valence-corrected chi connectivity index (χ2v) is 24.4. The van der Waals surface area contributed by atoms with Crippen molar-refractivity contribution in [2.45, 2.75) is 141 Å². The first-order chi connectivity index (χ1) is 16.4. The Bertz CT molecular complexity index is 805. The van der Waals surface area contributed by atoms with Crippen molar-refractivity contribution in [1.29, 1.82) is 0 Å². The smallest absolute Gasteiger partial charge is 0.192 e. The van der Waals surface area contributed by atoms with Gasteiger partial charge in [0, 0.05) is 25.0 Å². The van der Waals surface area contributed by atoms with Crippen LogP contribution in [0.15, 0.2) is 23.8 Å². The molecule has 0 radical (unpaired) electrons. The second kappa shape index (κ2) is 11.1. The topological polar surface area (TPSA) is 47.9 Å². The van der Waals surface area contributed by atoms with Crippen molar-refractivity contribution < 1.29 is 18.7 Å². The lowest BCUT2D eigenvalue weighted by Gasteiger charge is -2.45. The van der Waals surface area contributed by atoms with Gasteiger partial charge in [-0.25, -0.2) is 0 Å². The molecule has 3 aliphatic rings. The van der Waals surface area contributed by atoms with E-state index in [1.165, 1.54) is 5.57 Å². The fraction of sp³-hybridized carbons (Fsp3) is 0.867. The summed E-state index contributed by atoms with van der Waals surface area (Å²) in [5, 5.41) is 11.8. The number of rotatable bonds is 7. The van der Waals surface area contributed by atoms with Crippen molar-refractivity contribution >= 4 is 16.6 Å². The maximum Gasteiger partial charge on any atom is 0.192 e. The first kappa shape index (κ1) is 30.3. The molecule has 1 fully saturated rings. The fourth-order valence-corrected chi connectivity index (χ4v) is 8.31. The summed E-state index contributed by atoms with van der Waals surface area (Å²) in [5.74, 6) is 1.10. The minimum Gasteiger partial charge on any atom is -0.414 e. The number of fused-ring (bicyclic) bond motifs is 1. The van der Waals surface area contributed by atoms with Crippen molar-refractivity contribution in [1.82, 2.24) is 0 Å². The van der Waals surface area contributed by atoms with Gasteiger partial charge >= 0.3 is 0 Å². The zero-order valence-corrected chi connectivity index (χ0v) is 27.2. The van der Waals surface area contributed by atoms with Crippen LogP contribution in [0.1, 0.15) is 80.6 Å². The highest BCUT2D eigenvalue weighted by Gasteiger charge is 2.44. The summed E-state index contributed by atoms with van der Waals surface area (Å²) < 4.78 is 19.7. The fourth-order valence-electron chi connectivity index (χ4n) is 5.64. The molecule has 0 spiro atoms. The van der Waals surface area contributed by atoms with E-state index in [9.17, 15) is 5.11 Å². The Morgan fingerprint density at radius 1 is 0.944 bits per heavy atom. The van der Waals surface area contributed by atoms with Crippen LogP contribution in [-0.2, 0) is 13.6 Å². The van der Waals surface area contributed by atoms with Gasteiger partial charge in [0.1, 0.15) is 0 Å². The molecule has 1 saturated heterocycles. The van der Waals surface area contributed by atoms with E-state index in [4.69, 9.17) is 13.6 Å². The number of hydrogen-bond acceptors (Lipinski definition) is 4. The van der Waals surface area contributed by atoms with E-state index < -0.39 is 16.6 Å². The first-order valence-corrected chi connectivity index (χ1v) is 20.3. The van der Waals surface area contributed by atoms with Crippen LogP contribution in [0.4, 0.5) is 0 Å². The molecular weight excluding hydrogens is 480 g/mol. The first-order valence-electron chi connectivity index (χ1n) is 14.5. The van der Waals surface area contributed by atoms with Crippen molar-refractivity contribution in [2.75, 3.05) is 6.61 Å². The molecule has 0 aromatic heterocycles. The van der Waals surface area contributed by atoms with Crippen LogP contribution in [0, 0.1) is 17.8 Å². The summed E-state index contributed by atoms with van der Waals surface area (Å²) in [5.41, 5.74) is 1.28. The minimum atomic E-state index is -1.89. The van der Waals surface area contributed by atoms with Gasteiger partial charge in [-0.05, 0) is 79.4 Å². The lowest BCUT2D eigenvalue weighted by atomic mass is 9.66. The summed E-state index contributed by atoms with van der Waals surface area (Å²) >= 11 is 0. The predicted molar refractivity (Wildman–Crippen MR) is 156 cm³/mol. The van der Waals surface area contributed by atoms with Gasteiger partial charge < -0.3 is 18.7 Å². The Balaban J connectivity index is 1.64. The van der Waals surface area contributed by atoms with Crippen LogP contribution >= 0.6 is 0 Å². The maximum atomic E-state index is 11.4. The molecule has 1 aliphatic heterocycles. The van der Waals surface area contributed by atoms with E-state index >= 15 is 0 Å². The molecular formula is C30H56O4Si2. The average molecular weight is 537 g/mol. The highest BCUT2D eigenvalue weighted by atomic mass is 28.4. The standard InChI is InChI=1S/C30H56O4Si2/c1-21-12-13-22-18-25(34-36(10,11)30(5,6)7)20-27(31)28(22)26(21)15-14-23-19-24(16-17-32-23)33-35(8,9)29(2,3)4/h12-13,18,21,23-28,31H,14-17,19-20H2,1-11H3/t21?,23-,24?,25+,26-,27-,28-/m0/s1. The number of aliphatic hydroxyl groups is 1. The lowest BCUT2D eigenvalue weighted by Crippen LogP contribution is -2.47. The maximum absolute atomic E-state index is 11.4. The summed E-state index contributed by atoms with van der Waals surface area (Å²) in [6.07, 6.45) is 12.0. The Labute approximate surface area is 224 Å². The highest BCUT2D eigenvalue weighted by Crippen LogP contribution is 2.45. The van der Waals surface area contributed by atoms with Gasteiger partial charge in [-0.1, -0.05) is 66.7 Å². The van der Waals surface area contributed by atoms with Gasteiger partial charge in [0.15, 0.2) is 16.6 Å². The normalized spacial score (nSPS) is 34.3. The second-order valence-electron chi connectivity index (χ2n) is 14.9. The Morgan fingerprint density at radius 2 is 1.56 bits per heavy atom. The van der Waals surface area contributed by atoms with Gasteiger partial charge in [0.25, 0.3) is 0 Å². The Kier molecular flexibility index (Phi) is 9.33. The van der Waals surface area contributed by atoms with Crippen LogP contribution in [0.5, 0.6) is 0 Å². The molecule has 2 unspecified atom stereocenters. The van der Waals surface area contributed by atoms with Gasteiger partial charge in [-0.15, -0.1) is 0 Å². The van der Waals surface area contributed by atoms with Crippen LogP contribution in [0.25, 0.3) is 0 Å². The van der Waals surface area contributed by atoms with E-state index in [1.807, 2.05) is 0 Å². The third-order valence-corrected chi connectivity index (χ3v) is 19.1. The highest BCUT2D eigenvalue weighted by molar-refractivity contribution is 6.74. The lowest BCUT2D eigenvalue weighted by molar-refractivity contribution is -0.0478. The van der Waals surface area contributed by atoms with Crippen LogP contribution in [0.2, 0.25) is 36.3 Å². The molecule has 0 aromatic carbocycles. The predicted octanol–water partition coefficient (Wildman–Crippen LogP) is 7.86. The summed E-state index contributed by atoms with van der Waals surface area (Å²) in [6.45, 7) is 26.2. The summed E-state index contributed by atoms with van der Waals surface area (Å²) in [4.78, 5) is 0. The number of allylic oxidation sites excluding steroid dienone is 2. The van der Waals surface area contributed by atoms with Crippen molar-refractivity contribution in [3.8, 4) is 0 Å². The molecule has 1 N–H and O–H groups in total. The molecule has 0 saturated carbocycles. The molecule has 1 heterocycles. The molecule has 2 aliphatic carbocycles. The van der Waals surface area contributed by atoms with E-state index in [1.54, 1.807) is 0 Å². The van der Waals surface area contributed by atoms with Gasteiger partial charge in [-0.2, -0.15) is 0 Å². The molecule has 36 heavy (non-hydrogen) atoms. The molecule has 7 atom stereocenters. The van der Waals surface area contributed by atoms with Crippen molar-refractivity contribution in [3.63, 3.8) is 0 Å². The van der Waals surface area contributed by atoms with E-state index in [2.05, 4.69) is 92.9 Å². The zero-order valence-electron chi connectivity index (χ0n) is 25.2. The molecule has 0 amide bonds. The third kappa shape index (κ3) is 7.03. The van der Waals surface area contributed by atoms with Gasteiger partial charge in [-0.3, -0.25) is 0 Å². The van der Waals surface area contributed by atoms with Crippen molar-refractivity contribution in [3.05, 3.63) is 23.8 Å². The SMILES string of the molecule is CC1C=CC2=C[C@@H](O[Si](C)(C)C(C)(C)C)C[C@H](O)[C@@H]2[C@H]1CC[C@H]1CC(O[Si](C)(C)C(C)(C)C)CCO1. The quantitative estimate of drug-likeness (QED) is 0.336. The number of aliphatic hydroxyl groups excluding tert-OH is 1. The minimum absolute atomic E-state index is 0.0146. The van der Waals surface area contributed by atoms with E-state index in [0.717, 1.165) is 32.3 Å². The monoisotopic (exact) mass is 536 g/mol. The summed E-state index contributed by atoms with van der Waals surface area (Å²) in [7, 11) is -3.66. The molecule has 3 rings (SSSR count). The zero-order chi connectivity index (χ0) is 27.1. The third-order valence-electron chi connectivity index (χ3n) is 10.0. The van der Waals surface area contributed by atoms with E-state index in [-0.39, 0.29) is 34.3 Å². The van der Waals surface area contributed by atoms with Gasteiger partial charge in [0.2, 0.25) is 0 Å². The molecule has 208 valence electrons. The summed E-state index contributed by atoms with van der Waals surface area (Å²) in [6, 6.07) is 0. The van der Waals surface area contributed by atoms with Crippen LogP contribution in [-0.4, -0.2) is 52.8 Å². The number of ether oxygens (including phenoxy) is 1. The number of hydrogen-bond donors (Lipinski definition) is 1. The largest absolute Gasteiger partial charge is 0.414 e. The van der Waals surface area contributed by atoms with E-state index in [0.29, 0.717) is 24.4 Å². The molecule has 6 heteroatoms. The Morgan fingerprint density at radius 3 is 2.17 bits per heavy atom.